The van der Waals surface area contributed by atoms with Gasteiger partial charge in [-0.05, 0) is 24.6 Å². The van der Waals surface area contributed by atoms with E-state index < -0.39 is 5.54 Å². The smallest absolute Gasteiger partial charge is 0.127 e. The van der Waals surface area contributed by atoms with E-state index in [9.17, 15) is 0 Å². The summed E-state index contributed by atoms with van der Waals surface area (Å²) in [6, 6.07) is 5.75. The molecule has 0 amide bonds. The van der Waals surface area contributed by atoms with Gasteiger partial charge in [0.05, 0.1) is 6.07 Å². The van der Waals surface area contributed by atoms with E-state index in [1.807, 2.05) is 6.07 Å². The maximum absolute atomic E-state index is 9.13. The Bertz CT molecular complexity index is 346. The summed E-state index contributed by atoms with van der Waals surface area (Å²) >= 11 is 0. The van der Waals surface area contributed by atoms with Crippen LogP contribution in [0.4, 0.5) is 0 Å². The van der Waals surface area contributed by atoms with Crippen molar-refractivity contribution in [2.24, 2.45) is 5.73 Å². The van der Waals surface area contributed by atoms with Crippen molar-refractivity contribution in [2.75, 3.05) is 0 Å². The van der Waals surface area contributed by atoms with Crippen molar-refractivity contribution in [1.29, 1.82) is 5.26 Å². The van der Waals surface area contributed by atoms with Crippen LogP contribution in [0.25, 0.3) is 0 Å². The lowest BCUT2D eigenvalue weighted by molar-refractivity contribution is 0.446. The fraction of sp³-hybridized carbons (Fsp3) is 0.222. The Labute approximate surface area is 75.8 Å². The van der Waals surface area contributed by atoms with Gasteiger partial charge in [0, 0.05) is 6.07 Å². The summed E-state index contributed by atoms with van der Waals surface area (Å²) in [5.41, 5.74) is 4.78. The molecule has 0 saturated heterocycles. The third-order valence-electron chi connectivity index (χ3n) is 1.73. The van der Waals surface area contributed by atoms with Gasteiger partial charge in [0.2, 0.25) is 0 Å². The summed E-state index contributed by atoms with van der Waals surface area (Å²) in [5.74, 6) is -0.219. The van der Waals surface area contributed by atoms with Crippen LogP contribution in [0.1, 0.15) is 12.5 Å². The summed E-state index contributed by atoms with van der Waals surface area (Å²) < 4.78 is 0. The van der Waals surface area contributed by atoms with Gasteiger partial charge in [0.25, 0.3) is 0 Å². The van der Waals surface area contributed by atoms with Gasteiger partial charge in [0.15, 0.2) is 0 Å². The predicted molar refractivity (Wildman–Crippen MR) is 46.9 cm³/mol. The van der Waals surface area contributed by atoms with E-state index >= 15 is 0 Å². The number of aromatic hydroxyl groups is 2. The zero-order valence-electron chi connectivity index (χ0n) is 7.15. The highest BCUT2D eigenvalue weighted by Crippen LogP contribution is 2.26. The van der Waals surface area contributed by atoms with Crippen LogP contribution in [-0.2, 0) is 5.54 Å². The normalized spacial score (nSPS) is 14.5. The number of phenolic OH excluding ortho intramolecular Hbond substituents is 2. The number of hydrogen-bond acceptors (Lipinski definition) is 4. The molecule has 0 aliphatic heterocycles. The van der Waals surface area contributed by atoms with Crippen molar-refractivity contribution < 1.29 is 10.2 Å². The van der Waals surface area contributed by atoms with Gasteiger partial charge >= 0.3 is 0 Å². The molecule has 0 aliphatic carbocycles. The predicted octanol–water partition coefficient (Wildman–Crippen LogP) is 0.795. The third kappa shape index (κ3) is 1.89. The Morgan fingerprint density at radius 1 is 1.31 bits per heavy atom. The molecule has 0 fully saturated rings. The molecule has 1 aromatic rings. The highest BCUT2D eigenvalue weighted by atomic mass is 16.3. The van der Waals surface area contributed by atoms with Gasteiger partial charge in [-0.2, -0.15) is 5.26 Å². The third-order valence-corrected chi connectivity index (χ3v) is 1.73. The van der Waals surface area contributed by atoms with E-state index in [0.717, 1.165) is 0 Å². The molecule has 0 aliphatic rings. The van der Waals surface area contributed by atoms with Gasteiger partial charge in [-0.25, -0.2) is 0 Å². The van der Waals surface area contributed by atoms with E-state index in [0.29, 0.717) is 5.56 Å². The second kappa shape index (κ2) is 2.96. The molecule has 1 unspecified atom stereocenters. The second-order valence-electron chi connectivity index (χ2n) is 3.05. The van der Waals surface area contributed by atoms with Crippen LogP contribution < -0.4 is 5.73 Å². The molecular formula is C9H10N2O2. The lowest BCUT2D eigenvalue weighted by Crippen LogP contribution is -2.30. The molecule has 68 valence electrons. The highest BCUT2D eigenvalue weighted by molar-refractivity contribution is 5.42. The summed E-state index contributed by atoms with van der Waals surface area (Å²) in [7, 11) is 0. The molecule has 0 heterocycles. The molecule has 0 radical (unpaired) electrons. The molecule has 1 rings (SSSR count). The number of rotatable bonds is 1. The number of nitriles is 1. The number of benzene rings is 1. The lowest BCUT2D eigenvalue weighted by Gasteiger charge is -2.15. The molecule has 4 heteroatoms. The zero-order valence-corrected chi connectivity index (χ0v) is 7.15. The molecule has 0 spiro atoms. The van der Waals surface area contributed by atoms with Crippen LogP contribution in [0.15, 0.2) is 18.2 Å². The minimum Gasteiger partial charge on any atom is -0.508 e. The first-order chi connectivity index (χ1) is 5.95. The van der Waals surface area contributed by atoms with Gasteiger partial charge in [0.1, 0.15) is 17.0 Å². The van der Waals surface area contributed by atoms with E-state index in [-0.39, 0.29) is 11.5 Å². The molecule has 13 heavy (non-hydrogen) atoms. The highest BCUT2D eigenvalue weighted by Gasteiger charge is 2.21. The summed E-state index contributed by atoms with van der Waals surface area (Å²) in [6.45, 7) is 1.50. The van der Waals surface area contributed by atoms with Crippen molar-refractivity contribution in [3.8, 4) is 17.6 Å². The average Bonchev–Trinajstić information content (AvgIpc) is 2.02. The van der Waals surface area contributed by atoms with Crippen molar-refractivity contribution in [2.45, 2.75) is 12.5 Å². The SMILES string of the molecule is CC(N)(C#N)c1cc(O)cc(O)c1. The topological polar surface area (TPSA) is 90.3 Å². The Morgan fingerprint density at radius 3 is 2.15 bits per heavy atom. The molecule has 1 atom stereocenters. The van der Waals surface area contributed by atoms with E-state index in [4.69, 9.17) is 21.2 Å². The monoisotopic (exact) mass is 178 g/mol. The van der Waals surface area contributed by atoms with Crippen LogP contribution in [0.2, 0.25) is 0 Å². The van der Waals surface area contributed by atoms with Gasteiger partial charge in [-0.1, -0.05) is 0 Å². The number of hydrogen-bond donors (Lipinski definition) is 3. The molecule has 0 saturated carbocycles. The fourth-order valence-electron chi connectivity index (χ4n) is 0.960. The quantitative estimate of drug-likeness (QED) is 0.593. The largest absolute Gasteiger partial charge is 0.508 e. The van der Waals surface area contributed by atoms with Crippen LogP contribution in [-0.4, -0.2) is 10.2 Å². The van der Waals surface area contributed by atoms with Gasteiger partial charge < -0.3 is 15.9 Å². The van der Waals surface area contributed by atoms with Crippen molar-refractivity contribution in [3.05, 3.63) is 23.8 Å². The van der Waals surface area contributed by atoms with Gasteiger partial charge in [-0.3, -0.25) is 0 Å². The minimum absolute atomic E-state index is 0.109. The minimum atomic E-state index is -1.20. The Hall–Kier alpha value is -1.73. The lowest BCUT2D eigenvalue weighted by atomic mass is 9.95. The summed E-state index contributed by atoms with van der Waals surface area (Å²) in [6.07, 6.45) is 0. The first kappa shape index (κ1) is 9.36. The fourth-order valence-corrected chi connectivity index (χ4v) is 0.960. The van der Waals surface area contributed by atoms with E-state index in [1.54, 1.807) is 0 Å². The number of phenols is 2. The van der Waals surface area contributed by atoms with Crippen LogP contribution in [0.5, 0.6) is 11.5 Å². The van der Waals surface area contributed by atoms with Crippen molar-refractivity contribution in [1.82, 2.24) is 0 Å². The van der Waals surface area contributed by atoms with Crippen LogP contribution >= 0.6 is 0 Å². The van der Waals surface area contributed by atoms with E-state index in [1.165, 1.54) is 25.1 Å². The summed E-state index contributed by atoms with van der Waals surface area (Å²) in [5, 5.41) is 26.9. The summed E-state index contributed by atoms with van der Waals surface area (Å²) in [4.78, 5) is 0. The van der Waals surface area contributed by atoms with Crippen LogP contribution in [0.3, 0.4) is 0 Å². The Kier molecular flexibility index (Phi) is 2.13. The van der Waals surface area contributed by atoms with E-state index in [2.05, 4.69) is 0 Å². The molecule has 1 aromatic carbocycles. The average molecular weight is 178 g/mol. The standard InChI is InChI=1S/C9H10N2O2/c1-9(11,5-10)6-2-7(12)4-8(13)3-6/h2-4,12-13H,11H2,1H3. The van der Waals surface area contributed by atoms with Crippen molar-refractivity contribution >= 4 is 0 Å². The van der Waals surface area contributed by atoms with Crippen LogP contribution in [0, 0.1) is 11.3 Å². The number of nitrogens with two attached hydrogens (primary N) is 1. The second-order valence-corrected chi connectivity index (χ2v) is 3.05. The molecular weight excluding hydrogens is 168 g/mol. The first-order valence-corrected chi connectivity index (χ1v) is 3.69. The Balaban J connectivity index is 3.25. The zero-order chi connectivity index (χ0) is 10.1. The Morgan fingerprint density at radius 2 is 1.77 bits per heavy atom. The molecule has 0 bridgehead atoms. The number of nitrogens with zero attached hydrogens (tertiary/aromatic N) is 1. The first-order valence-electron chi connectivity index (χ1n) is 3.69. The van der Waals surface area contributed by atoms with Gasteiger partial charge in [-0.15, -0.1) is 0 Å². The maximum Gasteiger partial charge on any atom is 0.127 e. The molecule has 0 aromatic heterocycles. The molecule has 4 N–H and O–H groups in total. The van der Waals surface area contributed by atoms with Crippen molar-refractivity contribution in [3.63, 3.8) is 0 Å². The maximum atomic E-state index is 9.13. The molecule has 4 nitrogen and oxygen atoms in total.